The highest BCUT2D eigenvalue weighted by Gasteiger charge is 2.14. The third kappa shape index (κ3) is 3.81. The topological polar surface area (TPSA) is 79.2 Å². The van der Waals surface area contributed by atoms with Crippen LogP contribution in [-0.4, -0.2) is 18.5 Å². The molecule has 0 saturated carbocycles. The third-order valence-corrected chi connectivity index (χ3v) is 3.63. The molecule has 0 aliphatic carbocycles. The molecular weight excluding hydrogens is 312 g/mol. The van der Waals surface area contributed by atoms with Crippen LogP contribution in [0.5, 0.6) is 0 Å². The average molecular weight is 321 g/mol. The summed E-state index contributed by atoms with van der Waals surface area (Å²) in [5.74, 6) is -1.20. The summed E-state index contributed by atoms with van der Waals surface area (Å²) in [7, 11) is 0. The highest BCUT2D eigenvalue weighted by Crippen LogP contribution is 2.22. The normalized spacial score (nSPS) is 9.71. The maximum atomic E-state index is 11.8. The van der Waals surface area contributed by atoms with Crippen LogP contribution >= 0.6 is 22.9 Å². The lowest BCUT2D eigenvalue weighted by atomic mass is 10.2. The first-order valence-corrected chi connectivity index (χ1v) is 7.06. The molecule has 1 aromatic carbocycles. The number of ether oxygens (including phenoxy) is 1. The molecule has 0 saturated heterocycles. The lowest BCUT2D eigenvalue weighted by Gasteiger charge is -2.06. The van der Waals surface area contributed by atoms with Crippen molar-refractivity contribution in [1.29, 1.82) is 5.26 Å². The molecule has 1 N–H and O–H groups in total. The molecule has 0 unspecified atom stereocenters. The van der Waals surface area contributed by atoms with Crippen LogP contribution in [0.3, 0.4) is 0 Å². The number of amides is 1. The standard InChI is InChI=1S/C14H9ClN2O3S/c15-11-4-2-1-3-10(11)14(19)20-8-12(18)17-13-9(7-16)5-6-21-13/h1-6H,8H2,(H,17,18). The number of benzene rings is 1. The van der Waals surface area contributed by atoms with E-state index in [0.717, 1.165) is 0 Å². The van der Waals surface area contributed by atoms with Gasteiger partial charge < -0.3 is 10.1 Å². The van der Waals surface area contributed by atoms with E-state index < -0.39 is 18.5 Å². The molecule has 0 aliphatic rings. The number of hydrogen-bond donors (Lipinski definition) is 1. The van der Waals surface area contributed by atoms with E-state index in [4.69, 9.17) is 21.6 Å². The third-order valence-electron chi connectivity index (χ3n) is 2.47. The van der Waals surface area contributed by atoms with E-state index in [1.54, 1.807) is 29.6 Å². The number of carbonyl (C=O) groups excluding carboxylic acids is 2. The van der Waals surface area contributed by atoms with E-state index in [0.29, 0.717) is 10.6 Å². The fourth-order valence-corrected chi connectivity index (χ4v) is 2.46. The van der Waals surface area contributed by atoms with Crippen LogP contribution in [0.1, 0.15) is 15.9 Å². The van der Waals surface area contributed by atoms with Gasteiger partial charge in [0, 0.05) is 0 Å². The van der Waals surface area contributed by atoms with Gasteiger partial charge in [0.1, 0.15) is 11.1 Å². The number of anilines is 1. The van der Waals surface area contributed by atoms with Crippen molar-refractivity contribution in [1.82, 2.24) is 0 Å². The molecule has 106 valence electrons. The van der Waals surface area contributed by atoms with Crippen LogP contribution < -0.4 is 5.32 Å². The summed E-state index contributed by atoms with van der Waals surface area (Å²) in [6.07, 6.45) is 0. The van der Waals surface area contributed by atoms with Gasteiger partial charge in [-0.15, -0.1) is 11.3 Å². The van der Waals surface area contributed by atoms with Gasteiger partial charge in [0.15, 0.2) is 6.61 Å². The van der Waals surface area contributed by atoms with Crippen molar-refractivity contribution < 1.29 is 14.3 Å². The first kappa shape index (κ1) is 15.0. The van der Waals surface area contributed by atoms with Gasteiger partial charge >= 0.3 is 5.97 Å². The van der Waals surface area contributed by atoms with Gasteiger partial charge in [-0.2, -0.15) is 5.26 Å². The number of nitrogens with zero attached hydrogens (tertiary/aromatic N) is 1. The molecule has 21 heavy (non-hydrogen) atoms. The summed E-state index contributed by atoms with van der Waals surface area (Å²) >= 11 is 7.07. The summed E-state index contributed by atoms with van der Waals surface area (Å²) < 4.78 is 4.88. The van der Waals surface area contributed by atoms with Crippen molar-refractivity contribution in [3.63, 3.8) is 0 Å². The number of carbonyl (C=O) groups is 2. The van der Waals surface area contributed by atoms with Crippen molar-refractivity contribution in [3.05, 3.63) is 51.9 Å². The molecule has 1 amide bonds. The molecule has 0 bridgehead atoms. The minimum atomic E-state index is -0.678. The maximum Gasteiger partial charge on any atom is 0.340 e. The Bertz CT molecular complexity index is 721. The maximum absolute atomic E-state index is 11.8. The largest absolute Gasteiger partial charge is 0.452 e. The van der Waals surface area contributed by atoms with Crippen LogP contribution in [0.15, 0.2) is 35.7 Å². The second-order valence-electron chi connectivity index (χ2n) is 3.88. The molecule has 5 nitrogen and oxygen atoms in total. The molecule has 0 atom stereocenters. The lowest BCUT2D eigenvalue weighted by Crippen LogP contribution is -2.20. The predicted molar refractivity (Wildman–Crippen MR) is 79.4 cm³/mol. The summed E-state index contributed by atoms with van der Waals surface area (Å²) in [5, 5.41) is 13.7. The van der Waals surface area contributed by atoms with E-state index in [9.17, 15) is 9.59 Å². The number of nitriles is 1. The Balaban J connectivity index is 1.92. The molecule has 1 aromatic heterocycles. The summed E-state index contributed by atoms with van der Waals surface area (Å²) in [4.78, 5) is 23.4. The molecule has 2 rings (SSSR count). The van der Waals surface area contributed by atoms with Crippen molar-refractivity contribution in [2.75, 3.05) is 11.9 Å². The minimum Gasteiger partial charge on any atom is -0.452 e. The van der Waals surface area contributed by atoms with Crippen molar-refractivity contribution in [2.45, 2.75) is 0 Å². The second kappa shape index (κ2) is 6.88. The van der Waals surface area contributed by atoms with Crippen molar-refractivity contribution in [3.8, 4) is 6.07 Å². The van der Waals surface area contributed by atoms with E-state index in [2.05, 4.69) is 5.32 Å². The zero-order valence-corrected chi connectivity index (χ0v) is 12.2. The molecule has 7 heteroatoms. The van der Waals surface area contributed by atoms with Crippen LogP contribution in [0.25, 0.3) is 0 Å². The Labute approximate surface area is 129 Å². The van der Waals surface area contributed by atoms with Crippen molar-refractivity contribution in [2.24, 2.45) is 0 Å². The molecule has 1 heterocycles. The van der Waals surface area contributed by atoms with Gasteiger partial charge in [-0.3, -0.25) is 4.79 Å². The molecule has 0 radical (unpaired) electrons. The van der Waals surface area contributed by atoms with Crippen LogP contribution in [0, 0.1) is 11.3 Å². The number of thiophene rings is 1. The number of rotatable bonds is 4. The Morgan fingerprint density at radius 3 is 2.81 bits per heavy atom. The fraction of sp³-hybridized carbons (Fsp3) is 0.0714. The second-order valence-corrected chi connectivity index (χ2v) is 5.20. The average Bonchev–Trinajstić information content (AvgIpc) is 2.92. The Hall–Kier alpha value is -2.36. The van der Waals surface area contributed by atoms with Crippen LogP contribution in [-0.2, 0) is 9.53 Å². The van der Waals surface area contributed by atoms with E-state index in [1.165, 1.54) is 17.4 Å². The first-order chi connectivity index (χ1) is 10.1. The number of hydrogen-bond acceptors (Lipinski definition) is 5. The van der Waals surface area contributed by atoms with E-state index in [-0.39, 0.29) is 10.6 Å². The van der Waals surface area contributed by atoms with E-state index in [1.807, 2.05) is 6.07 Å². The number of esters is 1. The Morgan fingerprint density at radius 2 is 2.10 bits per heavy atom. The fourth-order valence-electron chi connectivity index (χ4n) is 1.49. The molecule has 0 spiro atoms. The predicted octanol–water partition coefficient (Wildman–Crippen LogP) is 3.07. The van der Waals surface area contributed by atoms with Gasteiger partial charge in [0.2, 0.25) is 0 Å². The highest BCUT2D eigenvalue weighted by atomic mass is 35.5. The zero-order chi connectivity index (χ0) is 15.2. The Morgan fingerprint density at radius 1 is 1.33 bits per heavy atom. The van der Waals surface area contributed by atoms with Crippen LogP contribution in [0.4, 0.5) is 5.00 Å². The molecule has 0 fully saturated rings. The first-order valence-electron chi connectivity index (χ1n) is 5.81. The summed E-state index contributed by atoms with van der Waals surface area (Å²) in [6.45, 7) is -0.452. The number of halogens is 1. The number of nitrogens with one attached hydrogen (secondary N) is 1. The van der Waals surface area contributed by atoms with Gasteiger partial charge in [-0.1, -0.05) is 23.7 Å². The molecule has 0 aliphatic heterocycles. The van der Waals surface area contributed by atoms with E-state index >= 15 is 0 Å². The van der Waals surface area contributed by atoms with Crippen molar-refractivity contribution >= 4 is 39.8 Å². The van der Waals surface area contributed by atoms with Gasteiger partial charge in [-0.05, 0) is 23.6 Å². The Kier molecular flexibility index (Phi) is 4.93. The van der Waals surface area contributed by atoms with Gasteiger partial charge in [-0.25, -0.2) is 4.79 Å². The van der Waals surface area contributed by atoms with Gasteiger partial charge in [0.05, 0.1) is 16.1 Å². The van der Waals surface area contributed by atoms with Gasteiger partial charge in [0.25, 0.3) is 5.91 Å². The monoisotopic (exact) mass is 320 g/mol. The van der Waals surface area contributed by atoms with Crippen LogP contribution in [0.2, 0.25) is 5.02 Å². The quantitative estimate of drug-likeness (QED) is 0.878. The SMILES string of the molecule is N#Cc1ccsc1NC(=O)COC(=O)c1ccccc1Cl. The zero-order valence-electron chi connectivity index (χ0n) is 10.6. The highest BCUT2D eigenvalue weighted by molar-refractivity contribution is 7.14. The summed E-state index contributed by atoms with van der Waals surface area (Å²) in [6, 6.07) is 9.94. The lowest BCUT2D eigenvalue weighted by molar-refractivity contribution is -0.119. The molecule has 2 aromatic rings. The smallest absolute Gasteiger partial charge is 0.340 e. The minimum absolute atomic E-state index is 0.195. The molecular formula is C14H9ClN2O3S. The summed E-state index contributed by atoms with van der Waals surface area (Å²) in [5.41, 5.74) is 0.562.